The molecule has 3 aromatic rings. The Balaban J connectivity index is 1.37. The van der Waals surface area contributed by atoms with E-state index in [1.165, 1.54) is 0 Å². The zero-order chi connectivity index (χ0) is 33.4. The number of ether oxygens (including phenoxy) is 2. The standard InChI is InChI=1S/C38H35N3O7/c1-24-19-27(20-25(2)37(24)41(44)45)4-3-26-5-8-30(33(21-26)38(42)43)36-31-9-6-28(39-11-15-46-16-12-39)22-34(31)48-35-23-29(7-10-32(35)36)40-13-17-47-18-14-40/h3-10,19-23H,11-18H2,1-2H3/p+1/b4-3-. The molecule has 2 fully saturated rings. The van der Waals surface area contributed by atoms with Crippen molar-refractivity contribution >= 4 is 40.5 Å². The molecule has 0 aromatic heterocycles. The summed E-state index contributed by atoms with van der Waals surface area (Å²) in [6, 6.07) is 21.2. The third-order valence-electron chi connectivity index (χ3n) is 9.15. The molecule has 3 aliphatic heterocycles. The predicted molar refractivity (Wildman–Crippen MR) is 186 cm³/mol. The van der Waals surface area contributed by atoms with Crippen LogP contribution < -0.4 is 14.8 Å². The number of carboxylic acid groups (broad SMARTS) is 1. The van der Waals surface area contributed by atoms with Gasteiger partial charge < -0.3 is 23.9 Å². The van der Waals surface area contributed by atoms with Crippen molar-refractivity contribution in [3.8, 4) is 22.5 Å². The minimum atomic E-state index is -1.04. The minimum Gasteiger partial charge on any atom is -0.478 e. The maximum atomic E-state index is 12.9. The Kier molecular flexibility index (Phi) is 8.51. The summed E-state index contributed by atoms with van der Waals surface area (Å²) in [6.07, 6.45) is 3.67. The quantitative estimate of drug-likeness (QED) is 0.0758. The van der Waals surface area contributed by atoms with Gasteiger partial charge in [-0.25, -0.2) is 9.37 Å². The van der Waals surface area contributed by atoms with Crippen molar-refractivity contribution in [2.75, 3.05) is 57.5 Å². The third kappa shape index (κ3) is 6.08. The van der Waals surface area contributed by atoms with Crippen LogP contribution in [0.25, 0.3) is 45.6 Å². The summed E-state index contributed by atoms with van der Waals surface area (Å²) >= 11 is 0. The van der Waals surface area contributed by atoms with Crippen molar-refractivity contribution in [2.45, 2.75) is 13.8 Å². The van der Waals surface area contributed by atoms with Gasteiger partial charge in [-0.05, 0) is 66.9 Å². The first-order valence-corrected chi connectivity index (χ1v) is 16.1. The molecule has 48 heavy (non-hydrogen) atoms. The van der Waals surface area contributed by atoms with E-state index < -0.39 is 5.97 Å². The zero-order valence-electron chi connectivity index (χ0n) is 26.9. The number of aromatic carboxylic acids is 1. The molecule has 1 aliphatic carbocycles. The van der Waals surface area contributed by atoms with Crippen LogP contribution in [0, 0.1) is 24.0 Å². The molecule has 3 aromatic carbocycles. The van der Waals surface area contributed by atoms with Crippen LogP contribution in [-0.4, -0.2) is 68.6 Å². The van der Waals surface area contributed by atoms with Crippen molar-refractivity contribution in [3.05, 3.63) is 110 Å². The number of nitro groups is 1. The van der Waals surface area contributed by atoms with Gasteiger partial charge in [0.25, 0.3) is 5.69 Å². The molecule has 0 amide bonds. The van der Waals surface area contributed by atoms with Crippen LogP contribution in [0.15, 0.2) is 71.1 Å². The van der Waals surface area contributed by atoms with Crippen molar-refractivity contribution in [2.24, 2.45) is 0 Å². The Bertz CT molecular complexity index is 2110. The first-order valence-electron chi connectivity index (χ1n) is 16.1. The maximum absolute atomic E-state index is 12.9. The normalized spacial score (nSPS) is 15.5. The van der Waals surface area contributed by atoms with Crippen LogP contribution in [0.4, 0.5) is 11.4 Å². The third-order valence-corrected chi connectivity index (χ3v) is 9.15. The second-order valence-electron chi connectivity index (χ2n) is 12.2. The van der Waals surface area contributed by atoms with E-state index in [1.54, 1.807) is 32.0 Å². The lowest BCUT2D eigenvalue weighted by molar-refractivity contribution is -0.386. The highest BCUT2D eigenvalue weighted by molar-refractivity contribution is 6.08. The molecule has 244 valence electrons. The second-order valence-corrected chi connectivity index (χ2v) is 12.2. The van der Waals surface area contributed by atoms with E-state index in [2.05, 4.69) is 21.6 Å². The van der Waals surface area contributed by atoms with Gasteiger partial charge in [-0.1, -0.05) is 24.3 Å². The summed E-state index contributed by atoms with van der Waals surface area (Å²) in [5.74, 6) is -0.371. The van der Waals surface area contributed by atoms with E-state index in [0.717, 1.165) is 59.3 Å². The molecule has 4 aliphatic rings. The Hall–Kier alpha value is -5.32. The lowest BCUT2D eigenvalue weighted by atomic mass is 9.89. The van der Waals surface area contributed by atoms with Gasteiger partial charge in [-0.2, -0.15) is 0 Å². The van der Waals surface area contributed by atoms with Gasteiger partial charge in [0.15, 0.2) is 13.1 Å². The monoisotopic (exact) mass is 646 g/mol. The molecule has 1 N–H and O–H groups in total. The topological polar surface area (TPSA) is 118 Å². The van der Waals surface area contributed by atoms with E-state index >= 15 is 0 Å². The van der Waals surface area contributed by atoms with E-state index in [9.17, 15) is 20.0 Å². The van der Waals surface area contributed by atoms with Crippen molar-refractivity contribution < 1.29 is 28.7 Å². The fraction of sp³-hybridized carbons (Fsp3) is 0.263. The maximum Gasteiger partial charge on any atom is 0.336 e. The molecule has 2 saturated heterocycles. The van der Waals surface area contributed by atoms with Crippen LogP contribution in [0.2, 0.25) is 0 Å². The van der Waals surface area contributed by atoms with Crippen LogP contribution in [0.1, 0.15) is 32.6 Å². The number of nitro benzene ring substituents is 1. The molecular weight excluding hydrogens is 610 g/mol. The lowest BCUT2D eigenvalue weighted by Gasteiger charge is -2.29. The molecular formula is C38H36N3O7+. The summed E-state index contributed by atoms with van der Waals surface area (Å²) < 4.78 is 20.0. The number of benzene rings is 4. The number of fused-ring (bicyclic) bond motifs is 2. The average Bonchev–Trinajstić information content (AvgIpc) is 3.09. The molecule has 0 saturated carbocycles. The predicted octanol–water partition coefficient (Wildman–Crippen LogP) is 6.24. The molecule has 0 bridgehead atoms. The highest BCUT2D eigenvalue weighted by Crippen LogP contribution is 2.42. The number of hydrogen-bond donors (Lipinski definition) is 1. The summed E-state index contributed by atoms with van der Waals surface area (Å²) in [7, 11) is 0. The summed E-state index contributed by atoms with van der Waals surface area (Å²) in [5, 5.41) is 23.8. The van der Waals surface area contributed by atoms with Gasteiger partial charge in [0.2, 0.25) is 5.36 Å². The largest absolute Gasteiger partial charge is 0.478 e. The number of rotatable bonds is 6. The van der Waals surface area contributed by atoms with E-state index in [1.807, 2.05) is 48.6 Å². The number of morpholine rings is 2. The number of carboxylic acids is 1. The molecule has 0 spiro atoms. The molecule has 10 heteroatoms. The fourth-order valence-electron chi connectivity index (χ4n) is 6.82. The molecule has 7 rings (SSSR count). The number of hydrogen-bond acceptors (Lipinski definition) is 7. The van der Waals surface area contributed by atoms with E-state index in [0.29, 0.717) is 60.0 Å². The van der Waals surface area contributed by atoms with E-state index in [-0.39, 0.29) is 16.2 Å². The summed E-state index contributed by atoms with van der Waals surface area (Å²) in [5.41, 5.74) is 6.81. The Morgan fingerprint density at radius 1 is 0.854 bits per heavy atom. The number of anilines is 1. The van der Waals surface area contributed by atoms with Gasteiger partial charge in [0.1, 0.15) is 24.6 Å². The van der Waals surface area contributed by atoms with Crippen molar-refractivity contribution in [1.82, 2.24) is 4.58 Å². The van der Waals surface area contributed by atoms with Gasteiger partial charge in [-0.3, -0.25) is 10.1 Å². The molecule has 0 radical (unpaired) electrons. The second kappa shape index (κ2) is 13.1. The highest BCUT2D eigenvalue weighted by atomic mass is 16.6. The Morgan fingerprint density at radius 3 is 2.25 bits per heavy atom. The molecule has 10 nitrogen and oxygen atoms in total. The molecule has 0 unspecified atom stereocenters. The first kappa shape index (κ1) is 31.3. The smallest absolute Gasteiger partial charge is 0.336 e. The number of nitrogens with zero attached hydrogens (tertiary/aromatic N) is 3. The molecule has 0 atom stereocenters. The number of aryl methyl sites for hydroxylation is 2. The minimum absolute atomic E-state index is 0.104. The zero-order valence-corrected chi connectivity index (χ0v) is 26.9. The fourth-order valence-corrected chi connectivity index (χ4v) is 6.82. The average molecular weight is 647 g/mol. The van der Waals surface area contributed by atoms with Crippen LogP contribution in [0.5, 0.6) is 0 Å². The van der Waals surface area contributed by atoms with Gasteiger partial charge >= 0.3 is 5.97 Å². The van der Waals surface area contributed by atoms with Crippen LogP contribution in [0.3, 0.4) is 0 Å². The lowest BCUT2D eigenvalue weighted by Crippen LogP contribution is -2.39. The number of carbonyl (C=O) groups is 1. The summed E-state index contributed by atoms with van der Waals surface area (Å²) in [4.78, 5) is 26.2. The van der Waals surface area contributed by atoms with Gasteiger partial charge in [0, 0.05) is 58.5 Å². The Morgan fingerprint density at radius 2 is 1.54 bits per heavy atom. The van der Waals surface area contributed by atoms with Gasteiger partial charge in [-0.15, -0.1) is 0 Å². The summed E-state index contributed by atoms with van der Waals surface area (Å²) in [6.45, 7) is 9.20. The Labute approximate surface area is 277 Å². The highest BCUT2D eigenvalue weighted by Gasteiger charge is 2.24. The van der Waals surface area contributed by atoms with Crippen LogP contribution in [-0.2, 0) is 9.47 Å². The van der Waals surface area contributed by atoms with Gasteiger partial charge in [0.05, 0.1) is 29.8 Å². The van der Waals surface area contributed by atoms with Crippen LogP contribution >= 0.6 is 0 Å². The van der Waals surface area contributed by atoms with Crippen molar-refractivity contribution in [3.63, 3.8) is 0 Å². The van der Waals surface area contributed by atoms with E-state index in [4.69, 9.17) is 13.9 Å². The molecule has 3 heterocycles. The first-order chi connectivity index (χ1) is 23.3. The SMILES string of the molecule is Cc1cc(/C=C\c2ccc(-c3c4ccc(=[N+]5CCOCC5)cc-4oc4cc(N5CCOCC5)ccc34)c(C(=O)O)c2)cc(C)c1[N+](=O)[O-]. The van der Waals surface area contributed by atoms with Crippen molar-refractivity contribution in [1.29, 1.82) is 0 Å².